The summed E-state index contributed by atoms with van der Waals surface area (Å²) in [6.07, 6.45) is -3.74. The Balaban J connectivity index is 1.33. The monoisotopic (exact) mass is 708 g/mol. The molecular formula is C43H34N6O4. The van der Waals surface area contributed by atoms with Gasteiger partial charge in [-0.05, 0) is 68.7 Å². The van der Waals surface area contributed by atoms with Crippen molar-refractivity contribution in [3.05, 3.63) is 179 Å². The van der Waals surface area contributed by atoms with E-state index in [1.54, 1.807) is 85.8 Å². The van der Waals surface area contributed by atoms with Gasteiger partial charge in [-0.15, -0.1) is 5.10 Å². The van der Waals surface area contributed by atoms with Gasteiger partial charge < -0.3 is 19.6 Å². The molecule has 0 aliphatic carbocycles. The minimum absolute atomic E-state index is 0.0344. The van der Waals surface area contributed by atoms with E-state index < -0.39 is 60.4 Å². The van der Waals surface area contributed by atoms with Crippen LogP contribution in [0, 0.1) is 0 Å². The predicted molar refractivity (Wildman–Crippen MR) is 202 cm³/mol. The predicted octanol–water partition coefficient (Wildman–Crippen LogP) is 8.77. The summed E-state index contributed by atoms with van der Waals surface area (Å²) in [5.41, 5.74) is -0.0627. The summed E-state index contributed by atoms with van der Waals surface area (Å²) in [6.45, 7) is 1.98. The molecule has 0 spiro atoms. The zero-order chi connectivity index (χ0) is 45.0. The van der Waals surface area contributed by atoms with E-state index in [2.05, 4.69) is 25.5 Å². The van der Waals surface area contributed by atoms with Crippen LogP contribution in [-0.2, 0) is 11.9 Å². The molecule has 0 radical (unpaired) electrons. The fourth-order valence-electron chi connectivity index (χ4n) is 6.34. The van der Waals surface area contributed by atoms with Crippen molar-refractivity contribution in [2.75, 3.05) is 6.61 Å². The number of fused-ring (bicyclic) bond motifs is 1. The van der Waals surface area contributed by atoms with E-state index in [9.17, 15) is 16.8 Å². The number of aromatic amines is 1. The number of nitrogens with zero attached hydrogens (tertiary/aromatic N) is 5. The molecule has 8 aromatic rings. The van der Waals surface area contributed by atoms with Crippen LogP contribution >= 0.6 is 0 Å². The highest BCUT2D eigenvalue weighted by atomic mass is 16.7. The number of ether oxygens (including phenoxy) is 2. The number of imidazole rings is 1. The molecule has 2 heterocycles. The molecular weight excluding hydrogens is 665 g/mol. The third-order valence-corrected chi connectivity index (χ3v) is 8.54. The molecule has 0 bridgehead atoms. The number of hydrogen-bond acceptors (Lipinski definition) is 7. The second-order valence-electron chi connectivity index (χ2n) is 11.6. The van der Waals surface area contributed by atoms with E-state index in [4.69, 9.17) is 16.3 Å². The van der Waals surface area contributed by atoms with Crippen molar-refractivity contribution in [2.45, 2.75) is 18.8 Å². The van der Waals surface area contributed by atoms with Gasteiger partial charge in [-0.3, -0.25) is 0 Å². The van der Waals surface area contributed by atoms with Gasteiger partial charge in [0.25, 0.3) is 6.01 Å². The van der Waals surface area contributed by atoms with Gasteiger partial charge in [-0.2, -0.15) is 4.98 Å². The maximum atomic E-state index is 11.4. The molecule has 0 saturated carbocycles. The molecule has 53 heavy (non-hydrogen) atoms. The number of rotatable bonds is 11. The molecule has 1 unspecified atom stereocenters. The van der Waals surface area contributed by atoms with Crippen molar-refractivity contribution in [3.8, 4) is 34.3 Å². The Bertz CT molecular complexity index is 3040. The fraction of sp³-hybridized carbons (Fsp3) is 0.0930. The second-order valence-corrected chi connectivity index (χ2v) is 11.6. The summed E-state index contributed by atoms with van der Waals surface area (Å²) in [7, 11) is 0. The number of H-pyrrole nitrogens is 1. The molecule has 2 aromatic heterocycles. The van der Waals surface area contributed by atoms with Crippen molar-refractivity contribution >= 4 is 17.2 Å². The number of benzene rings is 6. The SMILES string of the molecule is [2H]c1ccc(C(c2ccccc2)(c2c([2H])c([2H])c([2H])c([2H])c2[2H])n2nnnc2-c2ccccc2-c2ccc(C([2H])([2H])c3ccc(OC(=O)O)c4[nH]c(OCC)nc34)cc2)c([2H])c1[2H]. The van der Waals surface area contributed by atoms with Crippen LogP contribution < -0.4 is 9.47 Å². The van der Waals surface area contributed by atoms with Gasteiger partial charge >= 0.3 is 6.16 Å². The van der Waals surface area contributed by atoms with E-state index in [0.717, 1.165) is 0 Å². The van der Waals surface area contributed by atoms with Crippen molar-refractivity contribution in [3.63, 3.8) is 0 Å². The Morgan fingerprint density at radius 2 is 1.55 bits per heavy atom. The molecule has 10 nitrogen and oxygen atoms in total. The van der Waals surface area contributed by atoms with Crippen LogP contribution in [0.25, 0.3) is 33.5 Å². The summed E-state index contributed by atoms with van der Waals surface area (Å²) in [4.78, 5) is 18.7. The fourth-order valence-corrected chi connectivity index (χ4v) is 6.34. The standard InChI is InChI=1S/C43H34N6O4/c1-2-52-41-44-38-31(26-27-37(39(38)45-41)53-42(50)51)28-29-22-24-30(25-23-29)35-20-12-13-21-36(35)40-46-47-48-49(40)43(32-14-6-3-7-15-32,33-16-8-4-9-17-33)34-18-10-5-11-19-34/h3-27H,2,28H2,1H3,(H,44,45)(H,50,51)/i3D,4D,6D,7D,8D,14D,15D,16D,28D2. The van der Waals surface area contributed by atoms with E-state index >= 15 is 0 Å². The Labute approximate surface area is 319 Å². The first-order chi connectivity index (χ1) is 30.1. The molecule has 2 N–H and O–H groups in total. The van der Waals surface area contributed by atoms with Crippen LogP contribution in [0.4, 0.5) is 4.79 Å². The van der Waals surface area contributed by atoms with Gasteiger partial charge in [0.15, 0.2) is 11.6 Å². The first kappa shape index (κ1) is 23.4. The van der Waals surface area contributed by atoms with Gasteiger partial charge in [0.2, 0.25) is 0 Å². The number of tetrazole rings is 1. The third-order valence-electron chi connectivity index (χ3n) is 8.54. The summed E-state index contributed by atoms with van der Waals surface area (Å²) in [6, 6.07) is 23.1. The first-order valence-electron chi connectivity index (χ1n) is 21.4. The van der Waals surface area contributed by atoms with Gasteiger partial charge in [-0.1, -0.05) is 145 Å². The lowest BCUT2D eigenvalue weighted by atomic mass is 9.77. The maximum absolute atomic E-state index is 11.4. The maximum Gasteiger partial charge on any atom is 0.511 e. The van der Waals surface area contributed by atoms with Gasteiger partial charge in [0, 0.05) is 8.30 Å². The van der Waals surface area contributed by atoms with Gasteiger partial charge in [0.05, 0.1) is 23.1 Å². The van der Waals surface area contributed by atoms with Crippen LogP contribution in [0.2, 0.25) is 0 Å². The molecule has 0 aliphatic heterocycles. The highest BCUT2D eigenvalue weighted by Gasteiger charge is 2.42. The third kappa shape index (κ3) is 6.16. The molecule has 260 valence electrons. The summed E-state index contributed by atoms with van der Waals surface area (Å²) >= 11 is 0. The summed E-state index contributed by atoms with van der Waals surface area (Å²) < 4.78 is 101. The topological polar surface area (TPSA) is 128 Å². The largest absolute Gasteiger partial charge is 0.511 e. The van der Waals surface area contributed by atoms with Crippen LogP contribution in [0.15, 0.2) is 151 Å². The molecule has 0 saturated heterocycles. The normalized spacial score (nSPS) is 15.3. The molecule has 0 aliphatic rings. The van der Waals surface area contributed by atoms with E-state index in [-0.39, 0.29) is 69.1 Å². The lowest BCUT2D eigenvalue weighted by Gasteiger charge is -2.36. The average molecular weight is 709 g/mol. The van der Waals surface area contributed by atoms with Crippen molar-refractivity contribution in [1.82, 2.24) is 30.2 Å². The smallest absolute Gasteiger partial charge is 0.465 e. The second kappa shape index (κ2) is 14.3. The average Bonchev–Trinajstić information content (AvgIpc) is 3.95. The van der Waals surface area contributed by atoms with Crippen molar-refractivity contribution in [2.24, 2.45) is 0 Å². The first-order valence-corrected chi connectivity index (χ1v) is 16.4. The molecule has 10 heteroatoms. The Hall–Kier alpha value is -7.07. The molecule has 0 amide bonds. The highest BCUT2D eigenvalue weighted by Crippen LogP contribution is 2.43. The Kier molecular flexibility index (Phi) is 6.31. The van der Waals surface area contributed by atoms with Gasteiger partial charge in [0.1, 0.15) is 11.1 Å². The minimum Gasteiger partial charge on any atom is -0.465 e. The number of nitrogens with one attached hydrogen (secondary N) is 1. The lowest BCUT2D eigenvalue weighted by Crippen LogP contribution is -2.39. The highest BCUT2D eigenvalue weighted by molar-refractivity contribution is 5.87. The van der Waals surface area contributed by atoms with Gasteiger partial charge in [-0.25, -0.2) is 9.48 Å². The lowest BCUT2D eigenvalue weighted by molar-refractivity contribution is 0.145. The number of carboxylic acid groups (broad SMARTS) is 1. The minimum atomic E-state index is -2.18. The number of aromatic nitrogens is 6. The van der Waals surface area contributed by atoms with E-state index in [1.807, 2.05) is 0 Å². The quantitative estimate of drug-likeness (QED) is 0.0776. The molecule has 0 fully saturated rings. The number of hydrogen-bond donors (Lipinski definition) is 2. The van der Waals surface area contributed by atoms with Crippen molar-refractivity contribution < 1.29 is 33.1 Å². The summed E-state index contributed by atoms with van der Waals surface area (Å²) in [5, 5.41) is 22.3. The van der Waals surface area contributed by atoms with E-state index in [1.165, 1.54) is 28.9 Å². The van der Waals surface area contributed by atoms with E-state index in [0.29, 0.717) is 16.7 Å². The molecule has 6 aromatic carbocycles. The van der Waals surface area contributed by atoms with Crippen LogP contribution in [-0.4, -0.2) is 48.0 Å². The van der Waals surface area contributed by atoms with Crippen LogP contribution in [0.1, 0.15) is 48.4 Å². The Morgan fingerprint density at radius 1 is 0.830 bits per heavy atom. The molecule has 1 atom stereocenters. The number of carbonyl (C=O) groups is 1. The Morgan fingerprint density at radius 3 is 2.32 bits per heavy atom. The molecule has 8 rings (SSSR count). The van der Waals surface area contributed by atoms with Crippen LogP contribution in [0.3, 0.4) is 0 Å². The zero-order valence-electron chi connectivity index (χ0n) is 37.9. The van der Waals surface area contributed by atoms with Crippen LogP contribution in [0.5, 0.6) is 11.8 Å². The summed E-state index contributed by atoms with van der Waals surface area (Å²) in [5.74, 6) is -0.0450. The zero-order valence-corrected chi connectivity index (χ0v) is 27.9. The van der Waals surface area contributed by atoms with Crippen molar-refractivity contribution in [1.29, 1.82) is 0 Å².